The highest BCUT2D eigenvalue weighted by atomic mass is 35.5. The van der Waals surface area contributed by atoms with Crippen LogP contribution >= 0.6 is 11.6 Å². The maximum absolute atomic E-state index is 12.8. The van der Waals surface area contributed by atoms with Gasteiger partial charge in [-0.15, -0.1) is 0 Å². The van der Waals surface area contributed by atoms with Gasteiger partial charge in [0.15, 0.2) is 6.10 Å². The Morgan fingerprint density at radius 3 is 2.32 bits per heavy atom. The van der Waals surface area contributed by atoms with Crippen molar-refractivity contribution < 1.29 is 23.9 Å². The summed E-state index contributed by atoms with van der Waals surface area (Å²) in [4.78, 5) is 40.4. The zero-order valence-electron chi connectivity index (χ0n) is 18.7. The Bertz CT molecular complexity index is 763. The average molecular weight is 454 g/mol. The van der Waals surface area contributed by atoms with Gasteiger partial charge < -0.3 is 24.6 Å². The summed E-state index contributed by atoms with van der Waals surface area (Å²) in [6.45, 7) is 9.29. The molecule has 9 heteroatoms. The molecule has 0 saturated carbocycles. The summed E-state index contributed by atoms with van der Waals surface area (Å²) in [6, 6.07) is 6.86. The second-order valence-electron chi connectivity index (χ2n) is 8.45. The van der Waals surface area contributed by atoms with Gasteiger partial charge in [0.1, 0.15) is 11.4 Å². The predicted octanol–water partition coefficient (Wildman–Crippen LogP) is 3.08. The summed E-state index contributed by atoms with van der Waals surface area (Å²) in [5.41, 5.74) is -0.580. The molecule has 1 saturated heterocycles. The van der Waals surface area contributed by atoms with E-state index in [1.807, 2.05) is 0 Å². The molecule has 0 aromatic heterocycles. The third-order valence-corrected chi connectivity index (χ3v) is 4.89. The minimum atomic E-state index is -0.638. The van der Waals surface area contributed by atoms with Crippen molar-refractivity contribution in [1.29, 1.82) is 0 Å². The molecule has 31 heavy (non-hydrogen) atoms. The second kappa shape index (κ2) is 11.2. The van der Waals surface area contributed by atoms with Crippen LogP contribution in [-0.4, -0.2) is 72.1 Å². The van der Waals surface area contributed by atoms with Crippen molar-refractivity contribution >= 4 is 29.5 Å². The molecule has 1 aliphatic heterocycles. The van der Waals surface area contributed by atoms with Gasteiger partial charge >= 0.3 is 6.09 Å². The lowest BCUT2D eigenvalue weighted by atomic mass is 10.2. The van der Waals surface area contributed by atoms with E-state index in [9.17, 15) is 14.4 Å². The number of carbonyl (C=O) groups excluding carboxylic acids is 3. The Kier molecular flexibility index (Phi) is 8.98. The number of benzene rings is 1. The number of nitrogens with zero attached hydrogens (tertiary/aromatic N) is 2. The average Bonchev–Trinajstić information content (AvgIpc) is 2.94. The molecule has 0 spiro atoms. The Morgan fingerprint density at radius 2 is 1.68 bits per heavy atom. The lowest BCUT2D eigenvalue weighted by molar-refractivity contribution is -0.138. The third kappa shape index (κ3) is 8.65. The Hall–Kier alpha value is -2.48. The number of amides is 3. The van der Waals surface area contributed by atoms with E-state index < -0.39 is 17.8 Å². The van der Waals surface area contributed by atoms with Crippen molar-refractivity contribution in [1.82, 2.24) is 15.1 Å². The van der Waals surface area contributed by atoms with Crippen molar-refractivity contribution in [3.63, 3.8) is 0 Å². The molecule has 1 heterocycles. The second-order valence-corrected chi connectivity index (χ2v) is 8.89. The minimum Gasteiger partial charge on any atom is -0.481 e. The number of ether oxygens (including phenoxy) is 2. The fourth-order valence-electron chi connectivity index (χ4n) is 3.16. The molecule has 1 N–H and O–H groups in total. The normalized spacial score (nSPS) is 15.6. The van der Waals surface area contributed by atoms with Crippen molar-refractivity contribution in [3.8, 4) is 5.75 Å². The molecule has 3 amide bonds. The van der Waals surface area contributed by atoms with E-state index in [1.165, 1.54) is 0 Å². The van der Waals surface area contributed by atoms with Gasteiger partial charge in [-0.05, 0) is 58.4 Å². The van der Waals surface area contributed by atoms with Gasteiger partial charge in [0.2, 0.25) is 5.91 Å². The molecular formula is C22H32ClN3O5. The molecule has 172 valence electrons. The fraction of sp³-hybridized carbons (Fsp3) is 0.591. The van der Waals surface area contributed by atoms with Gasteiger partial charge in [-0.25, -0.2) is 4.79 Å². The van der Waals surface area contributed by atoms with Crippen molar-refractivity contribution in [3.05, 3.63) is 29.3 Å². The molecule has 1 unspecified atom stereocenters. The van der Waals surface area contributed by atoms with Crippen LogP contribution in [0.5, 0.6) is 5.75 Å². The van der Waals surface area contributed by atoms with Gasteiger partial charge in [-0.3, -0.25) is 9.59 Å². The fourth-order valence-corrected chi connectivity index (χ4v) is 3.28. The Balaban J connectivity index is 1.77. The standard InChI is InChI=1S/C22H32ClN3O5/c1-16(30-18-8-6-17(23)7-9-18)20(28)26-13-5-12-25(14-15-26)19(27)10-11-24-21(29)31-22(2,3)4/h6-9,16H,5,10-15H2,1-4H3,(H,24,29). The van der Waals surface area contributed by atoms with Crippen molar-refractivity contribution in [2.24, 2.45) is 0 Å². The molecule has 8 nitrogen and oxygen atoms in total. The van der Waals surface area contributed by atoms with Crippen LogP contribution in [0, 0.1) is 0 Å². The zero-order chi connectivity index (χ0) is 23.0. The first kappa shape index (κ1) is 24.8. The van der Waals surface area contributed by atoms with E-state index in [-0.39, 0.29) is 24.8 Å². The molecule has 1 aromatic carbocycles. The molecule has 0 bridgehead atoms. The van der Waals surface area contributed by atoms with Gasteiger partial charge in [-0.1, -0.05) is 11.6 Å². The minimum absolute atomic E-state index is 0.0594. The first-order valence-corrected chi connectivity index (χ1v) is 10.9. The molecule has 0 aliphatic carbocycles. The molecule has 1 atom stereocenters. The summed E-state index contributed by atoms with van der Waals surface area (Å²) >= 11 is 5.87. The number of hydrogen-bond donors (Lipinski definition) is 1. The van der Waals surface area contributed by atoms with Crippen LogP contribution in [0.4, 0.5) is 4.79 Å². The van der Waals surface area contributed by atoms with E-state index in [1.54, 1.807) is 61.8 Å². The van der Waals surface area contributed by atoms with Crippen molar-refractivity contribution in [2.75, 3.05) is 32.7 Å². The van der Waals surface area contributed by atoms with Crippen LogP contribution in [0.15, 0.2) is 24.3 Å². The number of halogens is 1. The first-order valence-electron chi connectivity index (χ1n) is 10.5. The molecular weight excluding hydrogens is 422 g/mol. The lowest BCUT2D eigenvalue weighted by Gasteiger charge is -2.25. The largest absolute Gasteiger partial charge is 0.481 e. The Labute approximate surface area is 188 Å². The van der Waals surface area contributed by atoms with Crippen LogP contribution in [0.3, 0.4) is 0 Å². The summed E-state index contributed by atoms with van der Waals surface area (Å²) in [5, 5.41) is 3.20. The highest BCUT2D eigenvalue weighted by molar-refractivity contribution is 6.30. The van der Waals surface area contributed by atoms with E-state index in [2.05, 4.69) is 5.32 Å². The van der Waals surface area contributed by atoms with Crippen LogP contribution in [-0.2, 0) is 14.3 Å². The third-order valence-electron chi connectivity index (χ3n) is 4.64. The number of hydrogen-bond acceptors (Lipinski definition) is 5. The first-order chi connectivity index (χ1) is 14.5. The quantitative estimate of drug-likeness (QED) is 0.715. The molecule has 1 fully saturated rings. The summed E-state index contributed by atoms with van der Waals surface area (Å²) in [7, 11) is 0. The van der Waals surface area contributed by atoms with Crippen LogP contribution < -0.4 is 10.1 Å². The SMILES string of the molecule is CC(Oc1ccc(Cl)cc1)C(=O)N1CCCN(C(=O)CCNC(=O)OC(C)(C)C)CC1. The summed E-state index contributed by atoms with van der Waals surface area (Å²) < 4.78 is 10.9. The lowest BCUT2D eigenvalue weighted by Crippen LogP contribution is -2.43. The molecule has 1 aliphatic rings. The molecule has 2 rings (SSSR count). The highest BCUT2D eigenvalue weighted by Crippen LogP contribution is 2.18. The zero-order valence-corrected chi connectivity index (χ0v) is 19.4. The number of alkyl carbamates (subject to hydrolysis) is 1. The van der Waals surface area contributed by atoms with E-state index in [0.29, 0.717) is 43.4 Å². The topological polar surface area (TPSA) is 88.2 Å². The van der Waals surface area contributed by atoms with E-state index >= 15 is 0 Å². The number of nitrogens with one attached hydrogen (secondary N) is 1. The Morgan fingerprint density at radius 1 is 1.06 bits per heavy atom. The van der Waals surface area contributed by atoms with E-state index in [0.717, 1.165) is 0 Å². The molecule has 1 aromatic rings. The van der Waals surface area contributed by atoms with Crippen molar-refractivity contribution in [2.45, 2.75) is 52.2 Å². The van der Waals surface area contributed by atoms with Crippen LogP contribution in [0.2, 0.25) is 5.02 Å². The number of rotatable bonds is 6. The predicted molar refractivity (Wildman–Crippen MR) is 118 cm³/mol. The van der Waals surface area contributed by atoms with Crippen LogP contribution in [0.1, 0.15) is 40.5 Å². The van der Waals surface area contributed by atoms with Gasteiger partial charge in [0.25, 0.3) is 5.91 Å². The van der Waals surface area contributed by atoms with Gasteiger partial charge in [0.05, 0.1) is 0 Å². The van der Waals surface area contributed by atoms with E-state index in [4.69, 9.17) is 21.1 Å². The van der Waals surface area contributed by atoms with Gasteiger partial charge in [-0.2, -0.15) is 0 Å². The number of carbonyl (C=O) groups is 3. The maximum atomic E-state index is 12.8. The summed E-state index contributed by atoms with van der Waals surface area (Å²) in [5.74, 6) is 0.404. The van der Waals surface area contributed by atoms with Gasteiger partial charge in [0, 0.05) is 44.2 Å². The monoisotopic (exact) mass is 453 g/mol. The smallest absolute Gasteiger partial charge is 0.407 e. The maximum Gasteiger partial charge on any atom is 0.407 e. The molecule has 0 radical (unpaired) electrons. The van der Waals surface area contributed by atoms with Crippen LogP contribution in [0.25, 0.3) is 0 Å². The highest BCUT2D eigenvalue weighted by Gasteiger charge is 2.26. The summed E-state index contributed by atoms with van der Waals surface area (Å²) in [6.07, 6.45) is -0.308.